The molecule has 0 aromatic heterocycles. The Morgan fingerprint density at radius 3 is 2.40 bits per heavy atom. The monoisotopic (exact) mass is 250 g/mol. The van der Waals surface area contributed by atoms with E-state index in [1.54, 1.807) is 0 Å². The molecule has 0 aliphatic heterocycles. The molecule has 0 spiro atoms. The Kier molecular flexibility index (Phi) is 4.77. The fourth-order valence-corrected chi connectivity index (χ4v) is 1.69. The number of hydrogen-bond acceptors (Lipinski definition) is 2. The number of benzene rings is 1. The van der Waals surface area contributed by atoms with Crippen molar-refractivity contribution in [2.75, 3.05) is 6.35 Å². The van der Waals surface area contributed by atoms with Crippen LogP contribution in [0.4, 0.5) is 0 Å². The molecule has 0 amide bonds. The average Bonchev–Trinajstić information content (AvgIpc) is 2.16. The molecule has 6 heteroatoms. The van der Waals surface area contributed by atoms with E-state index in [1.807, 2.05) is 24.3 Å². The van der Waals surface area contributed by atoms with Gasteiger partial charge in [0, 0.05) is 5.88 Å². The molecule has 0 atom stereocenters. The summed E-state index contributed by atoms with van der Waals surface area (Å²) >= 11 is 5.69. The highest BCUT2D eigenvalue weighted by Crippen LogP contribution is 2.34. The Hall–Kier alpha value is -0.380. The molecule has 1 aromatic rings. The van der Waals surface area contributed by atoms with Crippen LogP contribution in [0, 0.1) is 0 Å². The fraction of sp³-hybridized carbons (Fsp3) is 0.333. The molecule has 4 nitrogen and oxygen atoms in total. The van der Waals surface area contributed by atoms with Crippen molar-refractivity contribution < 1.29 is 19.1 Å². The van der Waals surface area contributed by atoms with Crippen LogP contribution in [-0.4, -0.2) is 16.1 Å². The van der Waals surface area contributed by atoms with E-state index in [-0.39, 0.29) is 6.61 Å². The van der Waals surface area contributed by atoms with Gasteiger partial charge >= 0.3 is 7.60 Å². The van der Waals surface area contributed by atoms with Crippen molar-refractivity contribution in [1.29, 1.82) is 0 Å². The highest BCUT2D eigenvalue weighted by Gasteiger charge is 2.12. The molecule has 15 heavy (non-hydrogen) atoms. The highest BCUT2D eigenvalue weighted by atomic mass is 35.5. The second kappa shape index (κ2) is 5.64. The molecule has 0 heterocycles. The Morgan fingerprint density at radius 1 is 1.27 bits per heavy atom. The summed E-state index contributed by atoms with van der Waals surface area (Å²) < 4.78 is 15.4. The highest BCUT2D eigenvalue weighted by molar-refractivity contribution is 7.51. The summed E-state index contributed by atoms with van der Waals surface area (Å²) in [4.78, 5) is 17.2. The largest absolute Gasteiger partial charge is 0.364 e. The molecule has 0 saturated carbocycles. The molecule has 1 rings (SSSR count). The van der Waals surface area contributed by atoms with E-state index in [9.17, 15) is 4.57 Å². The maximum absolute atomic E-state index is 10.5. The van der Waals surface area contributed by atoms with Crippen LogP contribution in [0.15, 0.2) is 24.3 Å². The van der Waals surface area contributed by atoms with Crippen molar-refractivity contribution in [2.24, 2.45) is 0 Å². The van der Waals surface area contributed by atoms with E-state index >= 15 is 0 Å². The van der Waals surface area contributed by atoms with E-state index in [0.717, 1.165) is 11.1 Å². The molecule has 0 radical (unpaired) electrons. The Morgan fingerprint density at radius 2 is 1.87 bits per heavy atom. The number of halogens is 1. The van der Waals surface area contributed by atoms with Crippen molar-refractivity contribution in [3.63, 3.8) is 0 Å². The zero-order valence-corrected chi connectivity index (χ0v) is 9.62. The third kappa shape index (κ3) is 4.78. The van der Waals surface area contributed by atoms with Crippen LogP contribution in [0.3, 0.4) is 0 Å². The van der Waals surface area contributed by atoms with Crippen LogP contribution in [0.2, 0.25) is 0 Å². The summed E-state index contributed by atoms with van der Waals surface area (Å²) in [5.41, 5.74) is 1.76. The molecule has 0 fully saturated rings. The van der Waals surface area contributed by atoms with Gasteiger partial charge in [-0.05, 0) is 11.1 Å². The summed E-state index contributed by atoms with van der Waals surface area (Å²) in [6.07, 6.45) is -0.566. The molecule has 84 valence electrons. The van der Waals surface area contributed by atoms with Crippen molar-refractivity contribution in [3.05, 3.63) is 35.4 Å². The van der Waals surface area contributed by atoms with Gasteiger partial charge in [0.15, 0.2) is 0 Å². The first kappa shape index (κ1) is 12.7. The minimum atomic E-state index is -4.08. The third-order valence-electron chi connectivity index (χ3n) is 1.78. The van der Waals surface area contributed by atoms with E-state index in [0.29, 0.717) is 5.88 Å². The van der Waals surface area contributed by atoms with Gasteiger partial charge in [-0.15, -0.1) is 11.6 Å². The molecule has 0 aliphatic carbocycles. The second-order valence-electron chi connectivity index (χ2n) is 3.04. The number of rotatable bonds is 5. The van der Waals surface area contributed by atoms with Gasteiger partial charge in [0.1, 0.15) is 6.35 Å². The van der Waals surface area contributed by atoms with Gasteiger partial charge in [-0.1, -0.05) is 24.3 Å². The normalized spacial score (nSPS) is 11.7. The molecule has 1 aromatic carbocycles. The minimum Gasteiger partial charge on any atom is -0.364 e. The van der Waals surface area contributed by atoms with Gasteiger partial charge in [-0.3, -0.25) is 4.57 Å². The van der Waals surface area contributed by atoms with Gasteiger partial charge in [0.2, 0.25) is 0 Å². The van der Waals surface area contributed by atoms with E-state index < -0.39 is 13.9 Å². The van der Waals surface area contributed by atoms with Crippen molar-refractivity contribution in [3.8, 4) is 0 Å². The number of alkyl halides is 1. The quantitative estimate of drug-likeness (QED) is 0.620. The van der Waals surface area contributed by atoms with Crippen LogP contribution >= 0.6 is 19.2 Å². The summed E-state index contributed by atoms with van der Waals surface area (Å²) in [6, 6.07) is 7.34. The van der Waals surface area contributed by atoms with Crippen molar-refractivity contribution >= 4 is 19.2 Å². The molecule has 2 N–H and O–H groups in total. The zero-order valence-electron chi connectivity index (χ0n) is 7.97. The molecule has 0 bridgehead atoms. The lowest BCUT2D eigenvalue weighted by Crippen LogP contribution is -1.98. The first-order valence-corrected chi connectivity index (χ1v) is 6.61. The predicted octanol–water partition coefficient (Wildman–Crippen LogP) is 2.08. The molecule has 0 unspecified atom stereocenters. The SMILES string of the molecule is O=P(O)(O)COCc1ccccc1CCl. The average molecular weight is 251 g/mol. The van der Waals surface area contributed by atoms with Crippen LogP contribution in [0.25, 0.3) is 0 Å². The van der Waals surface area contributed by atoms with Gasteiger partial charge in [0.05, 0.1) is 6.61 Å². The summed E-state index contributed by atoms with van der Waals surface area (Å²) in [5.74, 6) is 0.357. The fourth-order valence-electron chi connectivity index (χ4n) is 1.10. The van der Waals surface area contributed by atoms with E-state index in [1.165, 1.54) is 0 Å². The minimum absolute atomic E-state index is 0.161. The standard InChI is InChI=1S/C9H12ClO4P/c10-5-8-3-1-2-4-9(8)6-14-7-15(11,12)13/h1-4H,5-7H2,(H2,11,12,13). The maximum atomic E-state index is 10.5. The second-order valence-corrected chi connectivity index (χ2v) is 4.90. The van der Waals surface area contributed by atoms with Crippen LogP contribution < -0.4 is 0 Å². The first-order chi connectivity index (χ1) is 7.03. The lowest BCUT2D eigenvalue weighted by atomic mass is 10.1. The van der Waals surface area contributed by atoms with Gasteiger partial charge < -0.3 is 14.5 Å². The number of ether oxygens (including phenoxy) is 1. The number of hydrogen-bond donors (Lipinski definition) is 2. The molecular formula is C9H12ClO4P. The van der Waals surface area contributed by atoms with Crippen LogP contribution in [-0.2, 0) is 21.8 Å². The zero-order chi connectivity index (χ0) is 11.3. The smallest absolute Gasteiger partial charge is 0.350 e. The van der Waals surface area contributed by atoms with E-state index in [2.05, 4.69) is 0 Å². The maximum Gasteiger partial charge on any atom is 0.350 e. The van der Waals surface area contributed by atoms with E-state index in [4.69, 9.17) is 26.1 Å². The van der Waals surface area contributed by atoms with Gasteiger partial charge in [-0.2, -0.15) is 0 Å². The Labute approximate surface area is 93.0 Å². The van der Waals surface area contributed by atoms with Crippen LogP contribution in [0.1, 0.15) is 11.1 Å². The van der Waals surface area contributed by atoms with Gasteiger partial charge in [0.25, 0.3) is 0 Å². The Balaban J connectivity index is 2.54. The lowest BCUT2D eigenvalue weighted by molar-refractivity contribution is 0.144. The van der Waals surface area contributed by atoms with Crippen molar-refractivity contribution in [2.45, 2.75) is 12.5 Å². The van der Waals surface area contributed by atoms with Gasteiger partial charge in [-0.25, -0.2) is 0 Å². The lowest BCUT2D eigenvalue weighted by Gasteiger charge is -2.08. The summed E-state index contributed by atoms with van der Waals surface area (Å²) in [7, 11) is -4.08. The topological polar surface area (TPSA) is 66.8 Å². The summed E-state index contributed by atoms with van der Waals surface area (Å²) in [5, 5.41) is 0. The first-order valence-electron chi connectivity index (χ1n) is 4.28. The Bertz CT molecular complexity index is 363. The molecular weight excluding hydrogens is 239 g/mol. The third-order valence-corrected chi connectivity index (χ3v) is 2.59. The predicted molar refractivity (Wildman–Crippen MR) is 57.7 cm³/mol. The van der Waals surface area contributed by atoms with Crippen molar-refractivity contribution in [1.82, 2.24) is 0 Å². The van der Waals surface area contributed by atoms with Crippen LogP contribution in [0.5, 0.6) is 0 Å². The molecule has 0 saturated heterocycles. The molecule has 0 aliphatic rings. The summed E-state index contributed by atoms with van der Waals surface area (Å²) in [6.45, 7) is 0.161.